The average Bonchev–Trinajstić information content (AvgIpc) is 2.61. The van der Waals surface area contributed by atoms with E-state index in [-0.39, 0.29) is 18.3 Å². The molecule has 0 saturated heterocycles. The number of amides is 1. The normalized spacial score (nSPS) is 20.3. The Hall–Kier alpha value is -1.58. The van der Waals surface area contributed by atoms with Crippen LogP contribution in [0.5, 0.6) is 0 Å². The predicted octanol–water partition coefficient (Wildman–Crippen LogP) is 4.14. The van der Waals surface area contributed by atoms with Crippen LogP contribution in [0.25, 0.3) is 10.8 Å². The van der Waals surface area contributed by atoms with E-state index < -0.39 is 0 Å². The van der Waals surface area contributed by atoms with Gasteiger partial charge < -0.3 is 9.80 Å². The van der Waals surface area contributed by atoms with Crippen molar-refractivity contribution in [2.45, 2.75) is 44.2 Å². The van der Waals surface area contributed by atoms with Gasteiger partial charge in [-0.1, -0.05) is 55.3 Å². The number of nitrogens with zero attached hydrogens (tertiary/aromatic N) is 2. The van der Waals surface area contributed by atoms with Gasteiger partial charge in [0, 0.05) is 19.1 Å². The number of hydrogen-bond acceptors (Lipinski definition) is 2. The van der Waals surface area contributed by atoms with Crippen molar-refractivity contribution in [3.63, 3.8) is 0 Å². The summed E-state index contributed by atoms with van der Waals surface area (Å²) in [5.41, 5.74) is 1.10. The third-order valence-electron chi connectivity index (χ3n) is 5.42. The molecule has 0 N–H and O–H groups in total. The second-order valence-corrected chi connectivity index (χ2v) is 7.25. The minimum atomic E-state index is 0. The molecule has 3 nitrogen and oxygen atoms in total. The highest BCUT2D eigenvalue weighted by Gasteiger charge is 2.31. The van der Waals surface area contributed by atoms with Crippen molar-refractivity contribution in [1.29, 1.82) is 0 Å². The number of carbonyl (C=O) groups is 1. The van der Waals surface area contributed by atoms with E-state index in [0.717, 1.165) is 12.0 Å². The maximum Gasteiger partial charge on any atom is 0.227 e. The first kappa shape index (κ1) is 19.7. The Morgan fingerprint density at radius 3 is 2.28 bits per heavy atom. The van der Waals surface area contributed by atoms with Crippen LogP contribution in [0.2, 0.25) is 0 Å². The van der Waals surface area contributed by atoms with Crippen molar-refractivity contribution in [3.8, 4) is 0 Å². The molecule has 0 radical (unpaired) electrons. The van der Waals surface area contributed by atoms with E-state index in [1.807, 2.05) is 24.1 Å². The van der Waals surface area contributed by atoms with Gasteiger partial charge in [-0.3, -0.25) is 4.79 Å². The molecular formula is C21H29ClN2O. The van der Waals surface area contributed by atoms with Gasteiger partial charge in [-0.15, -0.1) is 12.4 Å². The number of halogens is 1. The molecule has 4 heteroatoms. The highest BCUT2D eigenvalue weighted by atomic mass is 35.5. The van der Waals surface area contributed by atoms with E-state index in [4.69, 9.17) is 0 Å². The molecule has 0 aromatic heterocycles. The zero-order valence-corrected chi connectivity index (χ0v) is 16.3. The lowest BCUT2D eigenvalue weighted by Gasteiger charge is -2.41. The van der Waals surface area contributed by atoms with Gasteiger partial charge in [-0.05, 0) is 43.3 Å². The van der Waals surface area contributed by atoms with Gasteiger partial charge in [0.15, 0.2) is 0 Å². The number of fused-ring (bicyclic) bond motifs is 1. The second kappa shape index (κ2) is 8.68. The summed E-state index contributed by atoms with van der Waals surface area (Å²) in [5, 5.41) is 2.43. The quantitative estimate of drug-likeness (QED) is 0.818. The number of likely N-dealkylation sites (N-methyl/N-ethyl adjacent to an activating group) is 2. The Kier molecular flexibility index (Phi) is 6.86. The number of benzene rings is 2. The SMILES string of the molecule is CN(C)C1CCCCC1N(C)C(=O)Cc1ccc2ccccc2c1.Cl. The summed E-state index contributed by atoms with van der Waals surface area (Å²) in [5.74, 6) is 0.226. The standard InChI is InChI=1S/C21H28N2O.ClH/c1-22(2)19-10-6-7-11-20(19)23(3)21(24)15-16-12-13-17-8-4-5-9-18(17)14-16;/h4-5,8-9,12-14,19-20H,6-7,10-11,15H2,1-3H3;1H. The summed E-state index contributed by atoms with van der Waals surface area (Å²) < 4.78 is 0. The van der Waals surface area contributed by atoms with Gasteiger partial charge in [0.2, 0.25) is 5.91 Å². The molecule has 1 amide bonds. The van der Waals surface area contributed by atoms with Crippen LogP contribution in [0.15, 0.2) is 42.5 Å². The molecule has 2 aromatic rings. The molecule has 2 atom stereocenters. The summed E-state index contributed by atoms with van der Waals surface area (Å²) in [6, 6.07) is 15.5. The highest BCUT2D eigenvalue weighted by molar-refractivity contribution is 5.86. The van der Waals surface area contributed by atoms with E-state index >= 15 is 0 Å². The monoisotopic (exact) mass is 360 g/mol. The van der Waals surface area contributed by atoms with Crippen LogP contribution in [-0.2, 0) is 11.2 Å². The number of hydrogen-bond donors (Lipinski definition) is 0. The van der Waals surface area contributed by atoms with Crippen LogP contribution in [-0.4, -0.2) is 48.9 Å². The van der Waals surface area contributed by atoms with Crippen LogP contribution in [0.3, 0.4) is 0 Å². The second-order valence-electron chi connectivity index (χ2n) is 7.25. The predicted molar refractivity (Wildman–Crippen MR) is 107 cm³/mol. The molecule has 0 aliphatic heterocycles. The molecular weight excluding hydrogens is 332 g/mol. The van der Waals surface area contributed by atoms with Crippen molar-refractivity contribution in [2.75, 3.05) is 21.1 Å². The van der Waals surface area contributed by atoms with Crippen molar-refractivity contribution in [1.82, 2.24) is 9.80 Å². The van der Waals surface area contributed by atoms with Gasteiger partial charge in [0.25, 0.3) is 0 Å². The van der Waals surface area contributed by atoms with Gasteiger partial charge in [-0.2, -0.15) is 0 Å². The maximum atomic E-state index is 12.8. The van der Waals surface area contributed by atoms with Crippen LogP contribution in [0.4, 0.5) is 0 Å². The third-order valence-corrected chi connectivity index (χ3v) is 5.42. The molecule has 0 spiro atoms. The topological polar surface area (TPSA) is 23.6 Å². The van der Waals surface area contributed by atoms with Crippen LogP contribution in [0.1, 0.15) is 31.2 Å². The molecule has 0 heterocycles. The molecule has 25 heavy (non-hydrogen) atoms. The van der Waals surface area contributed by atoms with Gasteiger partial charge >= 0.3 is 0 Å². The lowest BCUT2D eigenvalue weighted by atomic mass is 9.88. The van der Waals surface area contributed by atoms with E-state index in [2.05, 4.69) is 49.3 Å². The van der Waals surface area contributed by atoms with Crippen LogP contribution in [0, 0.1) is 0 Å². The lowest BCUT2D eigenvalue weighted by Crippen LogP contribution is -2.52. The van der Waals surface area contributed by atoms with Crippen molar-refractivity contribution < 1.29 is 4.79 Å². The third kappa shape index (κ3) is 4.53. The minimum absolute atomic E-state index is 0. The van der Waals surface area contributed by atoms with Gasteiger partial charge in [0.1, 0.15) is 0 Å². The fraction of sp³-hybridized carbons (Fsp3) is 0.476. The molecule has 1 aliphatic rings. The highest BCUT2D eigenvalue weighted by Crippen LogP contribution is 2.26. The lowest BCUT2D eigenvalue weighted by molar-refractivity contribution is -0.133. The Balaban J connectivity index is 0.00000225. The van der Waals surface area contributed by atoms with Crippen molar-refractivity contribution in [2.24, 2.45) is 0 Å². The molecule has 2 unspecified atom stereocenters. The van der Waals surface area contributed by atoms with E-state index in [1.54, 1.807) is 0 Å². The minimum Gasteiger partial charge on any atom is -0.341 e. The summed E-state index contributed by atoms with van der Waals surface area (Å²) in [7, 11) is 6.24. The van der Waals surface area contributed by atoms with E-state index in [0.29, 0.717) is 18.5 Å². The molecule has 1 saturated carbocycles. The molecule has 136 valence electrons. The zero-order chi connectivity index (χ0) is 17.1. The summed E-state index contributed by atoms with van der Waals surface area (Å²) in [6.07, 6.45) is 5.28. The van der Waals surface area contributed by atoms with E-state index in [1.165, 1.54) is 30.0 Å². The first-order chi connectivity index (χ1) is 11.6. The Morgan fingerprint density at radius 2 is 1.60 bits per heavy atom. The summed E-state index contributed by atoms with van der Waals surface area (Å²) in [4.78, 5) is 17.1. The summed E-state index contributed by atoms with van der Waals surface area (Å²) >= 11 is 0. The first-order valence-electron chi connectivity index (χ1n) is 8.96. The van der Waals surface area contributed by atoms with Crippen LogP contribution < -0.4 is 0 Å². The van der Waals surface area contributed by atoms with E-state index in [9.17, 15) is 4.79 Å². The Morgan fingerprint density at radius 1 is 0.960 bits per heavy atom. The summed E-state index contributed by atoms with van der Waals surface area (Å²) in [6.45, 7) is 0. The smallest absolute Gasteiger partial charge is 0.227 e. The fourth-order valence-corrected chi connectivity index (χ4v) is 3.98. The van der Waals surface area contributed by atoms with Crippen molar-refractivity contribution in [3.05, 3.63) is 48.0 Å². The Labute approximate surface area is 157 Å². The fourth-order valence-electron chi connectivity index (χ4n) is 3.98. The first-order valence-corrected chi connectivity index (χ1v) is 8.96. The molecule has 3 rings (SSSR count). The molecule has 2 aromatic carbocycles. The number of rotatable bonds is 4. The molecule has 1 aliphatic carbocycles. The van der Waals surface area contributed by atoms with Gasteiger partial charge in [-0.25, -0.2) is 0 Å². The zero-order valence-electron chi connectivity index (χ0n) is 15.4. The molecule has 0 bridgehead atoms. The maximum absolute atomic E-state index is 12.8. The van der Waals surface area contributed by atoms with Gasteiger partial charge in [0.05, 0.1) is 6.42 Å². The largest absolute Gasteiger partial charge is 0.341 e. The number of carbonyl (C=O) groups excluding carboxylic acids is 1. The average molecular weight is 361 g/mol. The Bertz CT molecular complexity index is 716. The van der Waals surface area contributed by atoms with Crippen LogP contribution >= 0.6 is 12.4 Å². The van der Waals surface area contributed by atoms with Crippen molar-refractivity contribution >= 4 is 29.1 Å². The molecule has 1 fully saturated rings.